The summed E-state index contributed by atoms with van der Waals surface area (Å²) in [4.78, 5) is 28.0. The lowest BCUT2D eigenvalue weighted by Crippen LogP contribution is -2.52. The molecule has 0 aliphatic rings. The lowest BCUT2D eigenvalue weighted by Gasteiger charge is -2.33. The molecule has 1 N–H and O–H groups in total. The number of aryl methyl sites for hydroxylation is 1. The number of carbonyl (C=O) groups is 2. The summed E-state index contributed by atoms with van der Waals surface area (Å²) in [5.74, 6) is -0.245. The van der Waals surface area contributed by atoms with Gasteiger partial charge in [-0.05, 0) is 37.5 Å². The van der Waals surface area contributed by atoms with Crippen molar-refractivity contribution in [1.29, 1.82) is 0 Å². The van der Waals surface area contributed by atoms with E-state index in [4.69, 9.17) is 4.74 Å². The molecule has 2 rings (SSSR count). The smallest absolute Gasteiger partial charge is 0.244 e. The van der Waals surface area contributed by atoms with Crippen molar-refractivity contribution >= 4 is 27.5 Å². The molecule has 2 amide bonds. The summed E-state index contributed by atoms with van der Waals surface area (Å²) in [6.07, 6.45) is 2.21. The number of rotatable bonds is 12. The Labute approximate surface area is 202 Å². The van der Waals surface area contributed by atoms with Crippen LogP contribution >= 0.6 is 0 Å². The Morgan fingerprint density at radius 2 is 1.76 bits per heavy atom. The van der Waals surface area contributed by atoms with Crippen molar-refractivity contribution in [2.75, 3.05) is 30.8 Å². The van der Waals surface area contributed by atoms with E-state index in [9.17, 15) is 18.0 Å². The maximum absolute atomic E-state index is 13.6. The Balaban J connectivity index is 2.42. The Morgan fingerprint density at radius 3 is 2.32 bits per heavy atom. The first-order chi connectivity index (χ1) is 16.1. The van der Waals surface area contributed by atoms with Crippen LogP contribution in [0.3, 0.4) is 0 Å². The van der Waals surface area contributed by atoms with Crippen molar-refractivity contribution in [3.05, 3.63) is 59.7 Å². The average molecular weight is 490 g/mol. The highest BCUT2D eigenvalue weighted by Gasteiger charge is 2.31. The van der Waals surface area contributed by atoms with Gasteiger partial charge in [-0.15, -0.1) is 0 Å². The summed E-state index contributed by atoms with van der Waals surface area (Å²) in [5, 5.41) is 2.86. The van der Waals surface area contributed by atoms with Gasteiger partial charge in [0.1, 0.15) is 18.3 Å². The standard InChI is InChI=1S/C25H35N3O5S/c1-6-15-26-25(30)23(7-2)27(17-20-13-11-19(3)12-14-20)24(29)18-28(34(5,31)32)21-9-8-10-22(16-21)33-4/h8-14,16,23H,6-7,15,17-18H2,1-5H3,(H,26,30)/t23-/m0/s1. The topological polar surface area (TPSA) is 96.0 Å². The fourth-order valence-corrected chi connectivity index (χ4v) is 4.40. The van der Waals surface area contributed by atoms with Crippen LogP contribution in [0.1, 0.15) is 37.8 Å². The highest BCUT2D eigenvalue weighted by molar-refractivity contribution is 7.92. The monoisotopic (exact) mass is 489 g/mol. The normalized spacial score (nSPS) is 12.0. The number of ether oxygens (including phenoxy) is 1. The Kier molecular flexibility index (Phi) is 9.92. The fourth-order valence-electron chi connectivity index (χ4n) is 3.56. The van der Waals surface area contributed by atoms with Crippen LogP contribution in [0.5, 0.6) is 5.75 Å². The van der Waals surface area contributed by atoms with Gasteiger partial charge in [-0.1, -0.05) is 49.7 Å². The molecule has 0 unspecified atom stereocenters. The second kappa shape index (κ2) is 12.4. The molecule has 0 spiro atoms. The molecule has 186 valence electrons. The number of amides is 2. The summed E-state index contributed by atoms with van der Waals surface area (Å²) in [5.41, 5.74) is 2.25. The second-order valence-corrected chi connectivity index (χ2v) is 10.1. The summed E-state index contributed by atoms with van der Waals surface area (Å²) in [6, 6.07) is 13.5. The Morgan fingerprint density at radius 1 is 1.09 bits per heavy atom. The van der Waals surface area contributed by atoms with Crippen molar-refractivity contribution in [3.63, 3.8) is 0 Å². The summed E-state index contributed by atoms with van der Waals surface area (Å²) in [7, 11) is -2.30. The van der Waals surface area contributed by atoms with Crippen LogP contribution in [0.25, 0.3) is 0 Å². The molecule has 0 heterocycles. The number of benzene rings is 2. The number of sulfonamides is 1. The summed E-state index contributed by atoms with van der Waals surface area (Å²) >= 11 is 0. The number of carbonyl (C=O) groups excluding carboxylic acids is 2. The van der Waals surface area contributed by atoms with Crippen molar-refractivity contribution < 1.29 is 22.7 Å². The van der Waals surface area contributed by atoms with Crippen LogP contribution in [-0.2, 0) is 26.2 Å². The first-order valence-electron chi connectivity index (χ1n) is 11.3. The molecule has 0 saturated heterocycles. The van der Waals surface area contributed by atoms with E-state index < -0.39 is 28.5 Å². The molecule has 0 radical (unpaired) electrons. The average Bonchev–Trinajstić information content (AvgIpc) is 2.81. The van der Waals surface area contributed by atoms with E-state index in [1.165, 1.54) is 12.0 Å². The lowest BCUT2D eigenvalue weighted by molar-refractivity contribution is -0.140. The maximum Gasteiger partial charge on any atom is 0.244 e. The number of nitrogens with zero attached hydrogens (tertiary/aromatic N) is 2. The Bertz CT molecular complexity index is 1070. The first-order valence-corrected chi connectivity index (χ1v) is 13.2. The molecule has 1 atom stereocenters. The van der Waals surface area contributed by atoms with Gasteiger partial charge in [0.05, 0.1) is 19.1 Å². The predicted octanol–water partition coefficient (Wildman–Crippen LogP) is 3.10. The van der Waals surface area contributed by atoms with Gasteiger partial charge in [-0.2, -0.15) is 0 Å². The van der Waals surface area contributed by atoms with E-state index in [1.807, 2.05) is 45.0 Å². The van der Waals surface area contributed by atoms with Crippen LogP contribution < -0.4 is 14.4 Å². The Hall–Kier alpha value is -3.07. The van der Waals surface area contributed by atoms with Gasteiger partial charge in [0, 0.05) is 19.2 Å². The highest BCUT2D eigenvalue weighted by atomic mass is 32.2. The second-order valence-electron chi connectivity index (χ2n) is 8.19. The van der Waals surface area contributed by atoms with Gasteiger partial charge in [0.15, 0.2) is 0 Å². The zero-order valence-corrected chi connectivity index (χ0v) is 21.4. The molecule has 2 aromatic rings. The largest absolute Gasteiger partial charge is 0.497 e. The van der Waals surface area contributed by atoms with E-state index in [2.05, 4.69) is 5.32 Å². The van der Waals surface area contributed by atoms with Gasteiger partial charge >= 0.3 is 0 Å². The molecule has 0 saturated carbocycles. The van der Waals surface area contributed by atoms with E-state index in [0.29, 0.717) is 24.4 Å². The zero-order valence-electron chi connectivity index (χ0n) is 20.6. The third-order valence-corrected chi connectivity index (χ3v) is 6.57. The zero-order chi connectivity index (χ0) is 25.3. The van der Waals surface area contributed by atoms with Gasteiger partial charge < -0.3 is 15.0 Å². The van der Waals surface area contributed by atoms with Crippen LogP contribution in [0, 0.1) is 6.92 Å². The van der Waals surface area contributed by atoms with Crippen LogP contribution in [-0.4, -0.2) is 57.6 Å². The molecule has 34 heavy (non-hydrogen) atoms. The predicted molar refractivity (Wildman–Crippen MR) is 134 cm³/mol. The quantitative estimate of drug-likeness (QED) is 0.494. The number of anilines is 1. The molecule has 2 aromatic carbocycles. The molecule has 0 aromatic heterocycles. The number of methoxy groups -OCH3 is 1. The van der Waals surface area contributed by atoms with E-state index in [-0.39, 0.29) is 12.5 Å². The third-order valence-electron chi connectivity index (χ3n) is 5.43. The van der Waals surface area contributed by atoms with Crippen molar-refractivity contribution in [1.82, 2.24) is 10.2 Å². The lowest BCUT2D eigenvalue weighted by atomic mass is 10.1. The maximum atomic E-state index is 13.6. The molecule has 0 bridgehead atoms. The van der Waals surface area contributed by atoms with Crippen molar-refractivity contribution in [3.8, 4) is 5.75 Å². The fraction of sp³-hybridized carbons (Fsp3) is 0.440. The van der Waals surface area contributed by atoms with Gasteiger partial charge in [0.25, 0.3) is 0 Å². The van der Waals surface area contributed by atoms with Crippen LogP contribution in [0.2, 0.25) is 0 Å². The molecule has 0 fully saturated rings. The molecular formula is C25H35N3O5S. The van der Waals surface area contributed by atoms with Crippen molar-refractivity contribution in [2.24, 2.45) is 0 Å². The SMILES string of the molecule is CCCNC(=O)[C@H](CC)N(Cc1ccc(C)cc1)C(=O)CN(c1cccc(OC)c1)S(C)(=O)=O. The number of hydrogen-bond donors (Lipinski definition) is 1. The molecule has 0 aliphatic heterocycles. The van der Waals surface area contributed by atoms with Gasteiger partial charge in [-0.3, -0.25) is 13.9 Å². The minimum atomic E-state index is -3.79. The molecule has 0 aliphatic carbocycles. The summed E-state index contributed by atoms with van der Waals surface area (Å²) in [6.45, 7) is 6.01. The number of hydrogen-bond acceptors (Lipinski definition) is 5. The van der Waals surface area contributed by atoms with Gasteiger partial charge in [0.2, 0.25) is 21.8 Å². The molecule has 8 nitrogen and oxygen atoms in total. The van der Waals surface area contributed by atoms with Crippen molar-refractivity contribution in [2.45, 2.75) is 46.2 Å². The third kappa shape index (κ3) is 7.48. The highest BCUT2D eigenvalue weighted by Crippen LogP contribution is 2.24. The van der Waals surface area contributed by atoms with E-state index in [1.54, 1.807) is 24.3 Å². The van der Waals surface area contributed by atoms with Gasteiger partial charge in [-0.25, -0.2) is 8.42 Å². The van der Waals surface area contributed by atoms with Crippen LogP contribution in [0.4, 0.5) is 5.69 Å². The minimum absolute atomic E-state index is 0.187. The van der Waals surface area contributed by atoms with E-state index in [0.717, 1.165) is 28.1 Å². The van der Waals surface area contributed by atoms with Crippen LogP contribution in [0.15, 0.2) is 48.5 Å². The molecule has 9 heteroatoms. The number of nitrogens with one attached hydrogen (secondary N) is 1. The summed E-state index contributed by atoms with van der Waals surface area (Å²) < 4.78 is 31.5. The molecular weight excluding hydrogens is 454 g/mol. The van der Waals surface area contributed by atoms with E-state index >= 15 is 0 Å². The minimum Gasteiger partial charge on any atom is -0.497 e. The first kappa shape index (κ1) is 27.2.